The lowest BCUT2D eigenvalue weighted by Crippen LogP contribution is -2.43. The highest BCUT2D eigenvalue weighted by atomic mass is 32.2. The Bertz CT molecular complexity index is 1190. The molecule has 2 aromatic rings. The maximum absolute atomic E-state index is 12.8. The fourth-order valence-electron chi connectivity index (χ4n) is 2.86. The van der Waals surface area contributed by atoms with Crippen molar-refractivity contribution >= 4 is 32.5 Å². The Morgan fingerprint density at radius 2 is 1.73 bits per heavy atom. The summed E-state index contributed by atoms with van der Waals surface area (Å²) >= 11 is 1.26. The summed E-state index contributed by atoms with van der Waals surface area (Å²) in [4.78, 5) is 30.2. The predicted octanol–water partition coefficient (Wildman–Crippen LogP) is 1.89. The number of hydrogen-bond donors (Lipinski definition) is 1. The van der Waals surface area contributed by atoms with E-state index in [1.807, 2.05) is 20.8 Å². The lowest BCUT2D eigenvalue weighted by atomic mass is 9.97. The molecule has 30 heavy (non-hydrogen) atoms. The molecule has 0 amide bonds. The van der Waals surface area contributed by atoms with Gasteiger partial charge in [-0.1, -0.05) is 32.9 Å². The standard InChI is InChI=1S/C20H28N4O4S2/c1-20(2,3)12-24-16(21)15(18(25)23(4)19(24)26)17(29-5)22-11-13-7-9-14(10-8-13)30(6,27)28/h7-10H,11-12,21H2,1-6H3. The number of hydrogen-bond acceptors (Lipinski definition) is 7. The smallest absolute Gasteiger partial charge is 0.332 e. The number of nitrogens with two attached hydrogens (primary N) is 1. The van der Waals surface area contributed by atoms with Crippen LogP contribution in [0.5, 0.6) is 0 Å². The molecule has 0 unspecified atom stereocenters. The number of benzene rings is 1. The average Bonchev–Trinajstić information content (AvgIpc) is 2.65. The van der Waals surface area contributed by atoms with Gasteiger partial charge in [0.2, 0.25) is 0 Å². The van der Waals surface area contributed by atoms with Crippen molar-refractivity contribution in [2.45, 2.75) is 38.8 Å². The number of nitrogens with zero attached hydrogens (tertiary/aromatic N) is 3. The van der Waals surface area contributed by atoms with Gasteiger partial charge < -0.3 is 5.73 Å². The van der Waals surface area contributed by atoms with Crippen LogP contribution in [-0.2, 0) is 30.0 Å². The number of nitrogen functional groups attached to an aromatic ring is 1. The Morgan fingerprint density at radius 1 is 1.17 bits per heavy atom. The molecule has 0 spiro atoms. The van der Waals surface area contributed by atoms with E-state index in [1.54, 1.807) is 18.4 Å². The molecule has 0 saturated carbocycles. The number of sulfone groups is 1. The van der Waals surface area contributed by atoms with Gasteiger partial charge in [0.25, 0.3) is 5.56 Å². The van der Waals surface area contributed by atoms with Crippen LogP contribution >= 0.6 is 11.8 Å². The second-order valence-corrected chi connectivity index (χ2v) is 11.1. The van der Waals surface area contributed by atoms with Gasteiger partial charge in [0.15, 0.2) is 9.84 Å². The molecule has 0 atom stereocenters. The van der Waals surface area contributed by atoms with E-state index in [4.69, 9.17) is 5.73 Å². The summed E-state index contributed by atoms with van der Waals surface area (Å²) in [5, 5.41) is 0.419. The zero-order valence-corrected chi connectivity index (χ0v) is 19.7. The molecular formula is C20H28N4O4S2. The Morgan fingerprint density at radius 3 is 2.20 bits per heavy atom. The van der Waals surface area contributed by atoms with Crippen LogP contribution in [0.2, 0.25) is 0 Å². The molecule has 0 aliphatic rings. The summed E-state index contributed by atoms with van der Waals surface area (Å²) < 4.78 is 25.6. The lowest BCUT2D eigenvalue weighted by molar-refractivity contribution is 0.334. The van der Waals surface area contributed by atoms with Gasteiger partial charge in [-0.05, 0) is 29.4 Å². The third kappa shape index (κ3) is 5.42. The van der Waals surface area contributed by atoms with Crippen LogP contribution in [-0.4, -0.2) is 35.1 Å². The highest BCUT2D eigenvalue weighted by Gasteiger charge is 2.22. The topological polar surface area (TPSA) is 117 Å². The van der Waals surface area contributed by atoms with Crippen molar-refractivity contribution in [2.75, 3.05) is 18.2 Å². The Balaban J connectivity index is 2.52. The zero-order chi connectivity index (χ0) is 22.9. The number of aliphatic imine (C=N–C) groups is 1. The van der Waals surface area contributed by atoms with Crippen LogP contribution in [0.3, 0.4) is 0 Å². The molecule has 0 bridgehead atoms. The van der Waals surface area contributed by atoms with Crippen LogP contribution < -0.4 is 17.0 Å². The zero-order valence-electron chi connectivity index (χ0n) is 18.1. The lowest BCUT2D eigenvalue weighted by Gasteiger charge is -2.23. The van der Waals surface area contributed by atoms with Gasteiger partial charge in [0, 0.05) is 19.8 Å². The van der Waals surface area contributed by atoms with E-state index in [-0.39, 0.29) is 28.2 Å². The van der Waals surface area contributed by atoms with E-state index < -0.39 is 21.1 Å². The van der Waals surface area contributed by atoms with Crippen molar-refractivity contribution in [1.82, 2.24) is 9.13 Å². The van der Waals surface area contributed by atoms with E-state index in [2.05, 4.69) is 4.99 Å². The van der Waals surface area contributed by atoms with Gasteiger partial charge in [-0.2, -0.15) is 0 Å². The van der Waals surface area contributed by atoms with Crippen molar-refractivity contribution in [3.05, 3.63) is 56.2 Å². The molecule has 10 heteroatoms. The van der Waals surface area contributed by atoms with E-state index >= 15 is 0 Å². The Hall–Kier alpha value is -2.33. The molecular weight excluding hydrogens is 424 g/mol. The highest BCUT2D eigenvalue weighted by Crippen LogP contribution is 2.20. The molecule has 2 rings (SSSR count). The largest absolute Gasteiger partial charge is 0.384 e. The monoisotopic (exact) mass is 452 g/mol. The quantitative estimate of drug-likeness (QED) is 0.547. The Labute approximate surface area is 180 Å². The van der Waals surface area contributed by atoms with Gasteiger partial charge >= 0.3 is 5.69 Å². The molecule has 164 valence electrons. The third-order valence-electron chi connectivity index (χ3n) is 4.38. The molecule has 0 aliphatic carbocycles. The molecule has 1 aromatic heterocycles. The first-order valence-corrected chi connectivity index (χ1v) is 12.3. The Kier molecular flexibility index (Phi) is 7.03. The van der Waals surface area contributed by atoms with E-state index in [0.717, 1.165) is 16.4 Å². The van der Waals surface area contributed by atoms with Crippen LogP contribution in [0.15, 0.2) is 43.7 Å². The second kappa shape index (κ2) is 8.81. The fourth-order valence-corrected chi connectivity index (χ4v) is 4.08. The molecule has 1 aromatic carbocycles. The van der Waals surface area contributed by atoms with Crippen LogP contribution in [0.4, 0.5) is 5.82 Å². The van der Waals surface area contributed by atoms with Crippen LogP contribution in [0, 0.1) is 5.41 Å². The van der Waals surface area contributed by atoms with Gasteiger partial charge in [-0.15, -0.1) is 11.8 Å². The predicted molar refractivity (Wildman–Crippen MR) is 123 cm³/mol. The van der Waals surface area contributed by atoms with Crippen molar-refractivity contribution in [3.63, 3.8) is 0 Å². The number of rotatable bonds is 5. The first kappa shape index (κ1) is 23.9. The minimum atomic E-state index is -3.27. The first-order chi connectivity index (χ1) is 13.8. The highest BCUT2D eigenvalue weighted by molar-refractivity contribution is 8.13. The number of thioether (sulfide) groups is 1. The van der Waals surface area contributed by atoms with Gasteiger partial charge in [-0.25, -0.2) is 13.2 Å². The molecule has 0 saturated heterocycles. The molecule has 0 radical (unpaired) electrons. The SMILES string of the molecule is CSC(=NCc1ccc(S(C)(=O)=O)cc1)c1c(N)n(CC(C)(C)C)c(=O)n(C)c1=O. The molecule has 0 aliphatic heterocycles. The minimum absolute atomic E-state index is 0.0959. The van der Waals surface area contributed by atoms with Crippen molar-refractivity contribution < 1.29 is 8.42 Å². The van der Waals surface area contributed by atoms with Crippen molar-refractivity contribution in [1.29, 1.82) is 0 Å². The fraction of sp³-hybridized carbons (Fsp3) is 0.450. The minimum Gasteiger partial charge on any atom is -0.384 e. The maximum atomic E-state index is 12.8. The second-order valence-electron chi connectivity index (χ2n) is 8.30. The van der Waals surface area contributed by atoms with E-state index in [0.29, 0.717) is 11.6 Å². The summed E-state index contributed by atoms with van der Waals surface area (Å²) in [6.07, 6.45) is 2.93. The molecule has 1 heterocycles. The normalized spacial score (nSPS) is 12.9. The summed E-state index contributed by atoms with van der Waals surface area (Å²) in [5.41, 5.74) is 6.06. The van der Waals surface area contributed by atoms with Gasteiger partial charge in [0.05, 0.1) is 11.4 Å². The van der Waals surface area contributed by atoms with Gasteiger partial charge in [0.1, 0.15) is 16.4 Å². The third-order valence-corrected chi connectivity index (χ3v) is 6.23. The van der Waals surface area contributed by atoms with E-state index in [9.17, 15) is 18.0 Å². The average molecular weight is 453 g/mol. The summed E-state index contributed by atoms with van der Waals surface area (Å²) in [6, 6.07) is 6.41. The van der Waals surface area contributed by atoms with Crippen molar-refractivity contribution in [2.24, 2.45) is 17.5 Å². The summed E-state index contributed by atoms with van der Waals surface area (Å²) in [5.74, 6) is 0.0959. The summed E-state index contributed by atoms with van der Waals surface area (Å²) in [6.45, 7) is 6.53. The molecule has 0 fully saturated rings. The number of aromatic nitrogens is 2. The molecule has 8 nitrogen and oxygen atoms in total. The number of anilines is 1. The van der Waals surface area contributed by atoms with Crippen molar-refractivity contribution in [3.8, 4) is 0 Å². The summed E-state index contributed by atoms with van der Waals surface area (Å²) in [7, 11) is -1.85. The maximum Gasteiger partial charge on any atom is 0.332 e. The van der Waals surface area contributed by atoms with Gasteiger partial charge in [-0.3, -0.25) is 18.9 Å². The molecule has 2 N–H and O–H groups in total. The first-order valence-electron chi connectivity index (χ1n) is 9.23. The van der Waals surface area contributed by atoms with Crippen LogP contribution in [0.25, 0.3) is 0 Å². The van der Waals surface area contributed by atoms with Crippen LogP contribution in [0.1, 0.15) is 31.9 Å². The van der Waals surface area contributed by atoms with E-state index in [1.165, 1.54) is 35.5 Å².